The molecule has 3 rings (SSSR count). The molecule has 0 amide bonds. The molecule has 1 saturated heterocycles. The maximum Gasteiger partial charge on any atom is 0.134 e. The second kappa shape index (κ2) is 5.27. The summed E-state index contributed by atoms with van der Waals surface area (Å²) in [6, 6.07) is 0.594. The van der Waals surface area contributed by atoms with Gasteiger partial charge in [0, 0.05) is 55.0 Å². The monoisotopic (exact) mass is 302 g/mol. The molecule has 4 nitrogen and oxygen atoms in total. The Kier molecular flexibility index (Phi) is 3.81. The highest BCUT2D eigenvalue weighted by Crippen LogP contribution is 2.33. The van der Waals surface area contributed by atoms with Crippen molar-refractivity contribution in [1.82, 2.24) is 20.2 Å². The third kappa shape index (κ3) is 2.91. The molecule has 0 spiro atoms. The largest absolute Gasteiger partial charge is 0.314 e. The summed E-state index contributed by atoms with van der Waals surface area (Å²) < 4.78 is 0. The fraction of sp³-hybridized carbons (Fsp3) is 0.778. The second-order valence-corrected chi connectivity index (χ2v) is 8.85. The predicted octanol–water partition coefficient (Wildman–Crippen LogP) is 2.40. The van der Waals surface area contributed by atoms with Crippen molar-refractivity contribution >= 4 is 0 Å². The van der Waals surface area contributed by atoms with Gasteiger partial charge in [-0.25, -0.2) is 9.97 Å². The van der Waals surface area contributed by atoms with E-state index in [2.05, 4.69) is 51.8 Å². The molecule has 0 bridgehead atoms. The Morgan fingerprint density at radius 1 is 1.05 bits per heavy atom. The number of piperazine rings is 1. The van der Waals surface area contributed by atoms with E-state index in [0.717, 1.165) is 38.4 Å². The Morgan fingerprint density at radius 3 is 2.41 bits per heavy atom. The summed E-state index contributed by atoms with van der Waals surface area (Å²) in [7, 11) is 0. The van der Waals surface area contributed by atoms with Gasteiger partial charge in [0.15, 0.2) is 0 Å². The maximum atomic E-state index is 5.01. The number of nitrogens with zero attached hydrogens (tertiary/aromatic N) is 3. The molecule has 2 aliphatic rings. The van der Waals surface area contributed by atoms with Gasteiger partial charge in [-0.2, -0.15) is 0 Å². The van der Waals surface area contributed by atoms with Crippen molar-refractivity contribution in [3.8, 4) is 0 Å². The van der Waals surface area contributed by atoms with Gasteiger partial charge in [0.05, 0.1) is 11.4 Å². The lowest BCUT2D eigenvalue weighted by molar-refractivity contribution is 0.136. The molecule has 1 aromatic rings. The maximum absolute atomic E-state index is 5.01. The van der Waals surface area contributed by atoms with Gasteiger partial charge in [-0.3, -0.25) is 4.90 Å². The zero-order chi connectivity index (χ0) is 16.1. The number of aromatic nitrogens is 2. The van der Waals surface area contributed by atoms with Crippen molar-refractivity contribution in [2.75, 3.05) is 19.6 Å². The van der Waals surface area contributed by atoms with Gasteiger partial charge < -0.3 is 5.32 Å². The summed E-state index contributed by atoms with van der Waals surface area (Å²) in [4.78, 5) is 12.6. The SMILES string of the molecule is CC(C)(C)c1nc2c(c(C(C)(C)C)n1)CN1CCNCC1C2. The topological polar surface area (TPSA) is 41.1 Å². The molecule has 1 aromatic heterocycles. The van der Waals surface area contributed by atoms with E-state index in [4.69, 9.17) is 9.97 Å². The Labute approximate surface area is 134 Å². The number of hydrogen-bond acceptors (Lipinski definition) is 4. The van der Waals surface area contributed by atoms with Crippen LogP contribution in [0.15, 0.2) is 0 Å². The molecule has 0 aliphatic carbocycles. The van der Waals surface area contributed by atoms with Crippen LogP contribution in [0.1, 0.15) is 64.3 Å². The van der Waals surface area contributed by atoms with Crippen LogP contribution in [-0.4, -0.2) is 40.5 Å². The molecule has 1 unspecified atom stereocenters. The minimum Gasteiger partial charge on any atom is -0.314 e. The average Bonchev–Trinajstić information content (AvgIpc) is 2.41. The molecule has 1 N–H and O–H groups in total. The zero-order valence-corrected chi connectivity index (χ0v) is 15.0. The van der Waals surface area contributed by atoms with Crippen molar-refractivity contribution < 1.29 is 0 Å². The van der Waals surface area contributed by atoms with E-state index in [1.54, 1.807) is 0 Å². The van der Waals surface area contributed by atoms with Crippen molar-refractivity contribution in [2.24, 2.45) is 0 Å². The van der Waals surface area contributed by atoms with Gasteiger partial charge in [-0.1, -0.05) is 41.5 Å². The Morgan fingerprint density at radius 2 is 1.77 bits per heavy atom. The fourth-order valence-corrected chi connectivity index (χ4v) is 3.46. The normalized spacial score (nSPS) is 23.1. The van der Waals surface area contributed by atoms with Crippen LogP contribution in [0.3, 0.4) is 0 Å². The summed E-state index contributed by atoms with van der Waals surface area (Å²) in [6.07, 6.45) is 1.05. The lowest BCUT2D eigenvalue weighted by Gasteiger charge is -2.41. The van der Waals surface area contributed by atoms with E-state index in [1.807, 2.05) is 0 Å². The van der Waals surface area contributed by atoms with Crippen molar-refractivity contribution in [2.45, 2.75) is 71.4 Å². The van der Waals surface area contributed by atoms with Crippen LogP contribution in [0.5, 0.6) is 0 Å². The standard InChI is InChI=1S/C18H30N4/c1-17(2,3)15-13-11-22-8-7-19-10-12(22)9-14(13)20-16(21-15)18(4,5)6/h12,19H,7-11H2,1-6H3. The predicted molar refractivity (Wildman–Crippen MR) is 90.2 cm³/mol. The molecule has 2 aliphatic heterocycles. The Bertz CT molecular complexity index is 566. The summed E-state index contributed by atoms with van der Waals surface area (Å²) in [5.74, 6) is 0.994. The minimum atomic E-state index is -0.00300. The van der Waals surface area contributed by atoms with E-state index in [1.165, 1.54) is 17.0 Å². The number of rotatable bonds is 0. The number of nitrogens with one attached hydrogen (secondary N) is 1. The van der Waals surface area contributed by atoms with E-state index in [9.17, 15) is 0 Å². The van der Waals surface area contributed by atoms with Crippen molar-refractivity contribution in [3.05, 3.63) is 22.8 Å². The highest BCUT2D eigenvalue weighted by Gasteiger charge is 2.35. The van der Waals surface area contributed by atoms with Crippen LogP contribution in [0.25, 0.3) is 0 Å². The molecule has 3 heterocycles. The molecule has 4 heteroatoms. The van der Waals surface area contributed by atoms with Gasteiger partial charge >= 0.3 is 0 Å². The molecule has 122 valence electrons. The molecule has 22 heavy (non-hydrogen) atoms. The van der Waals surface area contributed by atoms with E-state index in [0.29, 0.717) is 6.04 Å². The molecular weight excluding hydrogens is 272 g/mol. The third-order valence-corrected chi connectivity index (χ3v) is 4.74. The van der Waals surface area contributed by atoms with Gasteiger partial charge in [-0.15, -0.1) is 0 Å². The summed E-state index contributed by atoms with van der Waals surface area (Å²) in [5, 5.41) is 3.52. The highest BCUT2D eigenvalue weighted by atomic mass is 15.2. The van der Waals surface area contributed by atoms with Crippen molar-refractivity contribution in [3.63, 3.8) is 0 Å². The summed E-state index contributed by atoms with van der Waals surface area (Å²) in [5.41, 5.74) is 3.98. The quantitative estimate of drug-likeness (QED) is 0.799. The molecular formula is C18H30N4. The molecule has 1 atom stereocenters. The van der Waals surface area contributed by atoms with Crippen LogP contribution in [0.2, 0.25) is 0 Å². The first kappa shape index (κ1) is 15.9. The first-order valence-corrected chi connectivity index (χ1v) is 8.52. The van der Waals surface area contributed by atoms with E-state index in [-0.39, 0.29) is 10.8 Å². The molecule has 0 saturated carbocycles. The lowest BCUT2D eigenvalue weighted by Crippen LogP contribution is -2.54. The number of fused-ring (bicyclic) bond motifs is 2. The zero-order valence-electron chi connectivity index (χ0n) is 15.0. The van der Waals surface area contributed by atoms with Crippen LogP contribution < -0.4 is 5.32 Å². The second-order valence-electron chi connectivity index (χ2n) is 8.85. The van der Waals surface area contributed by atoms with Crippen LogP contribution >= 0.6 is 0 Å². The van der Waals surface area contributed by atoms with Crippen LogP contribution in [0, 0.1) is 0 Å². The highest BCUT2D eigenvalue weighted by molar-refractivity contribution is 5.34. The first-order valence-electron chi connectivity index (χ1n) is 8.52. The van der Waals surface area contributed by atoms with E-state index < -0.39 is 0 Å². The average molecular weight is 302 g/mol. The van der Waals surface area contributed by atoms with Gasteiger partial charge in [-0.05, 0) is 0 Å². The van der Waals surface area contributed by atoms with E-state index >= 15 is 0 Å². The number of hydrogen-bond donors (Lipinski definition) is 1. The lowest BCUT2D eigenvalue weighted by atomic mass is 9.83. The smallest absolute Gasteiger partial charge is 0.134 e. The summed E-state index contributed by atoms with van der Waals surface area (Å²) in [6.45, 7) is 17.8. The molecule has 1 fully saturated rings. The third-order valence-electron chi connectivity index (χ3n) is 4.74. The van der Waals surface area contributed by atoms with Crippen LogP contribution in [0.4, 0.5) is 0 Å². The Balaban J connectivity index is 2.10. The fourth-order valence-electron chi connectivity index (χ4n) is 3.46. The van der Waals surface area contributed by atoms with Gasteiger partial charge in [0.25, 0.3) is 0 Å². The minimum absolute atomic E-state index is 0.00300. The molecule has 0 aromatic carbocycles. The van der Waals surface area contributed by atoms with Crippen molar-refractivity contribution in [1.29, 1.82) is 0 Å². The van der Waals surface area contributed by atoms with Gasteiger partial charge in [0.1, 0.15) is 5.82 Å². The molecule has 0 radical (unpaired) electrons. The summed E-state index contributed by atoms with van der Waals surface area (Å²) >= 11 is 0. The van der Waals surface area contributed by atoms with Crippen LogP contribution in [-0.2, 0) is 23.8 Å². The first-order chi connectivity index (χ1) is 10.2. The Hall–Kier alpha value is -1.00. The van der Waals surface area contributed by atoms with Gasteiger partial charge in [0.2, 0.25) is 0 Å².